The maximum Gasteiger partial charge on any atom is 0.254 e. The smallest absolute Gasteiger partial charge is 0.254 e. The third kappa shape index (κ3) is 6.47. The van der Waals surface area contributed by atoms with E-state index in [1.165, 1.54) is 0 Å². The molecule has 0 aromatic heterocycles. The molecular formula is C24H31NO5S. The van der Waals surface area contributed by atoms with Crippen LogP contribution in [-0.4, -0.2) is 49.5 Å². The Morgan fingerprint density at radius 1 is 1.06 bits per heavy atom. The van der Waals surface area contributed by atoms with Gasteiger partial charge < -0.3 is 14.4 Å². The van der Waals surface area contributed by atoms with Gasteiger partial charge in [-0.1, -0.05) is 19.1 Å². The highest BCUT2D eigenvalue weighted by Crippen LogP contribution is 2.24. The summed E-state index contributed by atoms with van der Waals surface area (Å²) in [4.78, 5) is 15.0. The number of carbonyl (C=O) groups excluding carboxylic acids is 1. The van der Waals surface area contributed by atoms with E-state index in [1.54, 1.807) is 29.2 Å². The number of benzene rings is 2. The van der Waals surface area contributed by atoms with E-state index < -0.39 is 9.84 Å². The monoisotopic (exact) mass is 445 g/mol. The topological polar surface area (TPSA) is 72.9 Å². The van der Waals surface area contributed by atoms with Crippen LogP contribution in [0.2, 0.25) is 0 Å². The van der Waals surface area contributed by atoms with Crippen molar-refractivity contribution in [2.45, 2.75) is 52.3 Å². The van der Waals surface area contributed by atoms with Crippen LogP contribution in [0.4, 0.5) is 0 Å². The van der Waals surface area contributed by atoms with Crippen LogP contribution >= 0.6 is 0 Å². The Morgan fingerprint density at radius 2 is 1.71 bits per heavy atom. The highest BCUT2D eigenvalue weighted by atomic mass is 32.2. The van der Waals surface area contributed by atoms with Crippen molar-refractivity contribution in [2.75, 3.05) is 18.1 Å². The SMILES string of the molecule is CCCOc1ccc(CN(C(=O)c2ccc(OC(C)C)cc2)[C@@H]2CCS(=O)(=O)C2)cc1. The lowest BCUT2D eigenvalue weighted by Gasteiger charge is -2.29. The lowest BCUT2D eigenvalue weighted by Crippen LogP contribution is -2.40. The molecule has 0 unspecified atom stereocenters. The van der Waals surface area contributed by atoms with Crippen LogP contribution in [0, 0.1) is 0 Å². The van der Waals surface area contributed by atoms with Crippen molar-refractivity contribution in [3.63, 3.8) is 0 Å². The second-order valence-electron chi connectivity index (χ2n) is 8.17. The van der Waals surface area contributed by atoms with Gasteiger partial charge in [-0.05, 0) is 68.7 Å². The second kappa shape index (κ2) is 10.2. The number of amides is 1. The molecule has 0 spiro atoms. The summed E-state index contributed by atoms with van der Waals surface area (Å²) in [5.74, 6) is 1.43. The summed E-state index contributed by atoms with van der Waals surface area (Å²) >= 11 is 0. The molecule has 2 aromatic carbocycles. The summed E-state index contributed by atoms with van der Waals surface area (Å²) in [5, 5.41) is 0. The van der Waals surface area contributed by atoms with E-state index in [2.05, 4.69) is 6.92 Å². The van der Waals surface area contributed by atoms with E-state index in [0.717, 1.165) is 17.7 Å². The van der Waals surface area contributed by atoms with Gasteiger partial charge in [0.25, 0.3) is 5.91 Å². The predicted octanol–water partition coefficient (Wildman–Crippen LogP) is 4.09. The number of carbonyl (C=O) groups is 1. The van der Waals surface area contributed by atoms with E-state index in [1.807, 2.05) is 38.1 Å². The number of hydrogen-bond acceptors (Lipinski definition) is 5. The van der Waals surface area contributed by atoms with Gasteiger partial charge in [0.05, 0.1) is 24.2 Å². The standard InChI is InChI=1S/C24H31NO5S/c1-4-14-29-22-9-5-19(6-10-22)16-25(21-13-15-31(27,28)17-21)24(26)20-7-11-23(12-8-20)30-18(2)3/h5-12,18,21H,4,13-17H2,1-3H3/t21-/m1/s1. The maximum absolute atomic E-state index is 13.4. The summed E-state index contributed by atoms with van der Waals surface area (Å²) in [6.07, 6.45) is 1.44. The molecule has 0 saturated carbocycles. The van der Waals surface area contributed by atoms with Gasteiger partial charge in [0.1, 0.15) is 11.5 Å². The summed E-state index contributed by atoms with van der Waals surface area (Å²) in [7, 11) is -3.12. The lowest BCUT2D eigenvalue weighted by molar-refractivity contribution is 0.0681. The van der Waals surface area contributed by atoms with Crippen LogP contribution in [0.5, 0.6) is 11.5 Å². The summed E-state index contributed by atoms with van der Waals surface area (Å²) in [5.41, 5.74) is 1.45. The normalized spacial score (nSPS) is 17.5. The first-order valence-electron chi connectivity index (χ1n) is 10.8. The van der Waals surface area contributed by atoms with Gasteiger partial charge in [-0.15, -0.1) is 0 Å². The second-order valence-corrected chi connectivity index (χ2v) is 10.4. The van der Waals surface area contributed by atoms with Gasteiger partial charge in [-0.3, -0.25) is 4.79 Å². The van der Waals surface area contributed by atoms with Crippen molar-refractivity contribution in [3.8, 4) is 11.5 Å². The zero-order valence-corrected chi connectivity index (χ0v) is 19.2. The van der Waals surface area contributed by atoms with Crippen molar-refractivity contribution in [1.29, 1.82) is 0 Å². The third-order valence-electron chi connectivity index (χ3n) is 5.13. The first-order chi connectivity index (χ1) is 14.8. The number of hydrogen-bond donors (Lipinski definition) is 0. The molecule has 1 aliphatic rings. The quantitative estimate of drug-likeness (QED) is 0.581. The van der Waals surface area contributed by atoms with Crippen molar-refractivity contribution in [1.82, 2.24) is 4.90 Å². The number of sulfone groups is 1. The van der Waals surface area contributed by atoms with Gasteiger partial charge in [0.15, 0.2) is 9.84 Å². The molecule has 31 heavy (non-hydrogen) atoms. The van der Waals surface area contributed by atoms with E-state index in [0.29, 0.717) is 30.9 Å². The number of rotatable bonds is 9. The molecule has 168 valence electrons. The fourth-order valence-corrected chi connectivity index (χ4v) is 5.34. The van der Waals surface area contributed by atoms with Gasteiger partial charge in [0.2, 0.25) is 0 Å². The predicted molar refractivity (Wildman–Crippen MR) is 121 cm³/mol. The molecule has 1 fully saturated rings. The fourth-order valence-electron chi connectivity index (χ4n) is 3.61. The molecule has 1 atom stereocenters. The first-order valence-corrected chi connectivity index (χ1v) is 12.6. The molecule has 7 heteroatoms. The van der Waals surface area contributed by atoms with Crippen LogP contribution in [0.15, 0.2) is 48.5 Å². The van der Waals surface area contributed by atoms with E-state index in [9.17, 15) is 13.2 Å². The average molecular weight is 446 g/mol. The number of nitrogens with zero attached hydrogens (tertiary/aromatic N) is 1. The van der Waals surface area contributed by atoms with Gasteiger partial charge in [-0.2, -0.15) is 0 Å². The first kappa shape index (κ1) is 23.1. The zero-order valence-electron chi connectivity index (χ0n) is 18.4. The molecule has 3 rings (SSSR count). The van der Waals surface area contributed by atoms with Crippen LogP contribution in [-0.2, 0) is 16.4 Å². The van der Waals surface area contributed by atoms with Gasteiger partial charge in [0, 0.05) is 18.2 Å². The Kier molecular flexibility index (Phi) is 7.59. The number of ether oxygens (including phenoxy) is 2. The van der Waals surface area contributed by atoms with Crippen molar-refractivity contribution in [3.05, 3.63) is 59.7 Å². The van der Waals surface area contributed by atoms with E-state index in [-0.39, 0.29) is 29.6 Å². The van der Waals surface area contributed by atoms with Gasteiger partial charge >= 0.3 is 0 Å². The Morgan fingerprint density at radius 3 is 2.26 bits per heavy atom. The Labute approximate surface area is 185 Å². The molecule has 0 N–H and O–H groups in total. The average Bonchev–Trinajstić information content (AvgIpc) is 3.10. The summed E-state index contributed by atoms with van der Waals surface area (Å²) < 4.78 is 35.4. The molecule has 1 amide bonds. The minimum absolute atomic E-state index is 0.00494. The zero-order chi connectivity index (χ0) is 22.4. The van der Waals surface area contributed by atoms with Crippen LogP contribution in [0.1, 0.15) is 49.5 Å². The van der Waals surface area contributed by atoms with Crippen LogP contribution in [0.3, 0.4) is 0 Å². The molecule has 0 aliphatic carbocycles. The molecule has 1 saturated heterocycles. The maximum atomic E-state index is 13.4. The Hall–Kier alpha value is -2.54. The van der Waals surface area contributed by atoms with Crippen LogP contribution in [0.25, 0.3) is 0 Å². The minimum Gasteiger partial charge on any atom is -0.494 e. The Balaban J connectivity index is 1.80. The minimum atomic E-state index is -3.12. The van der Waals surface area contributed by atoms with Crippen LogP contribution < -0.4 is 9.47 Å². The highest BCUT2D eigenvalue weighted by Gasteiger charge is 2.35. The van der Waals surface area contributed by atoms with Crippen molar-refractivity contribution in [2.24, 2.45) is 0 Å². The summed E-state index contributed by atoms with van der Waals surface area (Å²) in [6, 6.07) is 14.3. The molecule has 2 aromatic rings. The molecule has 0 bridgehead atoms. The Bertz CT molecular complexity index is 968. The van der Waals surface area contributed by atoms with Gasteiger partial charge in [-0.25, -0.2) is 8.42 Å². The molecule has 0 radical (unpaired) electrons. The van der Waals surface area contributed by atoms with E-state index in [4.69, 9.17) is 9.47 Å². The molecule has 6 nitrogen and oxygen atoms in total. The van der Waals surface area contributed by atoms with Crippen molar-refractivity contribution >= 4 is 15.7 Å². The molecule has 1 aliphatic heterocycles. The summed E-state index contributed by atoms with van der Waals surface area (Å²) in [6.45, 7) is 6.94. The highest BCUT2D eigenvalue weighted by molar-refractivity contribution is 7.91. The third-order valence-corrected chi connectivity index (χ3v) is 6.88. The fraction of sp³-hybridized carbons (Fsp3) is 0.458. The molecule has 1 heterocycles. The molecular weight excluding hydrogens is 414 g/mol. The largest absolute Gasteiger partial charge is 0.494 e. The van der Waals surface area contributed by atoms with E-state index >= 15 is 0 Å². The lowest BCUT2D eigenvalue weighted by atomic mass is 10.1. The van der Waals surface area contributed by atoms with Crippen molar-refractivity contribution < 1.29 is 22.7 Å².